The summed E-state index contributed by atoms with van der Waals surface area (Å²) in [6.45, 7) is 0. The van der Waals surface area contributed by atoms with E-state index in [4.69, 9.17) is 11.6 Å². The van der Waals surface area contributed by atoms with E-state index in [1.54, 1.807) is 0 Å². The molecule has 0 aliphatic heterocycles. The van der Waals surface area contributed by atoms with E-state index in [-0.39, 0.29) is 22.0 Å². The summed E-state index contributed by atoms with van der Waals surface area (Å²) in [5, 5.41) is 13.3. The molecule has 2 aromatic rings. The molecule has 0 unspecified atom stereocenters. The van der Waals surface area contributed by atoms with Gasteiger partial charge in [-0.15, -0.1) is 0 Å². The van der Waals surface area contributed by atoms with Gasteiger partial charge in [0.15, 0.2) is 0 Å². The third-order valence-corrected chi connectivity index (χ3v) is 3.72. The van der Waals surface area contributed by atoms with Gasteiger partial charge in [0.05, 0.1) is 16.2 Å². The van der Waals surface area contributed by atoms with Gasteiger partial charge in [-0.2, -0.15) is 0 Å². The normalized spacial score (nSPS) is 10.2. The Kier molecular flexibility index (Phi) is 4.73. The van der Waals surface area contributed by atoms with Crippen molar-refractivity contribution in [3.05, 3.63) is 66.5 Å². The summed E-state index contributed by atoms with van der Waals surface area (Å²) in [7, 11) is 0. The second kappa shape index (κ2) is 6.35. The van der Waals surface area contributed by atoms with Crippen LogP contribution in [0.15, 0.2) is 36.4 Å². The molecule has 0 spiro atoms. The van der Waals surface area contributed by atoms with Gasteiger partial charge in [-0.25, -0.2) is 4.39 Å². The van der Waals surface area contributed by atoms with Crippen molar-refractivity contribution in [3.8, 4) is 0 Å². The average molecular weight is 421 g/mol. The van der Waals surface area contributed by atoms with Crippen molar-refractivity contribution >= 4 is 51.5 Å². The molecule has 0 aromatic heterocycles. The fourth-order valence-corrected chi connectivity index (χ4v) is 2.48. The number of carbonyl (C=O) groups is 1. The maximum atomic E-state index is 13.6. The Morgan fingerprint density at radius 2 is 2.00 bits per heavy atom. The highest BCUT2D eigenvalue weighted by Crippen LogP contribution is 2.23. The van der Waals surface area contributed by atoms with Crippen molar-refractivity contribution in [2.24, 2.45) is 0 Å². The highest BCUT2D eigenvalue weighted by Gasteiger charge is 2.16. The third-order valence-electron chi connectivity index (χ3n) is 2.59. The van der Waals surface area contributed by atoms with Gasteiger partial charge >= 0.3 is 0 Å². The Morgan fingerprint density at radius 3 is 2.57 bits per heavy atom. The molecular weight excluding hydrogens is 414 g/mol. The Morgan fingerprint density at radius 1 is 1.29 bits per heavy atom. The van der Waals surface area contributed by atoms with E-state index >= 15 is 0 Å². The van der Waals surface area contributed by atoms with Crippen molar-refractivity contribution in [3.63, 3.8) is 0 Å². The number of nitro benzene ring substituents is 1. The van der Waals surface area contributed by atoms with Crippen molar-refractivity contribution in [1.82, 2.24) is 0 Å². The van der Waals surface area contributed by atoms with Crippen LogP contribution in [0.3, 0.4) is 0 Å². The van der Waals surface area contributed by atoms with E-state index in [9.17, 15) is 19.3 Å². The van der Waals surface area contributed by atoms with Crippen molar-refractivity contribution in [2.75, 3.05) is 5.32 Å². The summed E-state index contributed by atoms with van der Waals surface area (Å²) >= 11 is 7.44. The summed E-state index contributed by atoms with van der Waals surface area (Å²) in [6.07, 6.45) is 0. The molecule has 0 heterocycles. The van der Waals surface area contributed by atoms with Crippen LogP contribution in [0.4, 0.5) is 15.8 Å². The van der Waals surface area contributed by atoms with Crippen LogP contribution in [0.1, 0.15) is 10.4 Å². The monoisotopic (exact) mass is 420 g/mol. The Balaban J connectivity index is 2.26. The number of non-ortho nitro benzene ring substituents is 1. The first-order valence-corrected chi connectivity index (χ1v) is 7.04. The van der Waals surface area contributed by atoms with Crippen LogP contribution in [0.5, 0.6) is 0 Å². The molecule has 0 aliphatic rings. The smallest absolute Gasteiger partial charge is 0.270 e. The number of anilines is 1. The maximum Gasteiger partial charge on any atom is 0.270 e. The van der Waals surface area contributed by atoms with Crippen LogP contribution < -0.4 is 5.32 Å². The summed E-state index contributed by atoms with van der Waals surface area (Å²) in [6, 6.07) is 7.68. The van der Waals surface area contributed by atoms with Gasteiger partial charge in [-0.3, -0.25) is 14.9 Å². The van der Waals surface area contributed by atoms with Crippen LogP contribution in [-0.4, -0.2) is 10.8 Å². The zero-order valence-electron chi connectivity index (χ0n) is 10.3. The van der Waals surface area contributed by atoms with E-state index in [0.29, 0.717) is 3.57 Å². The van der Waals surface area contributed by atoms with Crippen LogP contribution in [0, 0.1) is 19.5 Å². The topological polar surface area (TPSA) is 72.2 Å². The first-order chi connectivity index (χ1) is 9.88. The number of rotatable bonds is 3. The van der Waals surface area contributed by atoms with Crippen LogP contribution in [-0.2, 0) is 0 Å². The summed E-state index contributed by atoms with van der Waals surface area (Å²) < 4.78 is 14.0. The molecule has 0 radical (unpaired) electrons. The predicted octanol–water partition coefficient (Wildman–Crippen LogP) is 4.24. The molecule has 0 atom stereocenters. The van der Waals surface area contributed by atoms with Gasteiger partial charge in [0, 0.05) is 20.7 Å². The van der Waals surface area contributed by atoms with Gasteiger partial charge in [-0.05, 0) is 46.9 Å². The summed E-state index contributed by atoms with van der Waals surface area (Å²) in [5.41, 5.74) is 0.0859. The minimum Gasteiger partial charge on any atom is -0.319 e. The number of hydrogen-bond acceptors (Lipinski definition) is 3. The molecule has 5 nitrogen and oxygen atoms in total. The molecule has 108 valence electrons. The van der Waals surface area contributed by atoms with Crippen LogP contribution in [0.25, 0.3) is 0 Å². The molecule has 1 N–H and O–H groups in total. The van der Waals surface area contributed by atoms with Gasteiger partial charge in [0.25, 0.3) is 11.6 Å². The van der Waals surface area contributed by atoms with E-state index in [0.717, 1.165) is 6.07 Å². The maximum absolute atomic E-state index is 13.6. The molecule has 2 rings (SSSR count). The molecule has 0 fully saturated rings. The minimum absolute atomic E-state index is 0.0152. The predicted molar refractivity (Wildman–Crippen MR) is 85.2 cm³/mol. The first-order valence-electron chi connectivity index (χ1n) is 5.59. The molecule has 0 aliphatic carbocycles. The molecular formula is C13H7ClFIN2O3. The lowest BCUT2D eigenvalue weighted by atomic mass is 10.2. The van der Waals surface area contributed by atoms with Gasteiger partial charge in [0.1, 0.15) is 5.82 Å². The van der Waals surface area contributed by atoms with E-state index in [1.165, 1.54) is 30.3 Å². The van der Waals surface area contributed by atoms with Crippen molar-refractivity contribution < 1.29 is 14.1 Å². The third kappa shape index (κ3) is 3.67. The second-order valence-electron chi connectivity index (χ2n) is 4.00. The Bertz CT molecular complexity index is 739. The number of nitro groups is 1. The standard InChI is InChI=1S/C13H7ClFIN2O3/c14-7-1-4-12(10(15)5-7)17-13(19)9-3-2-8(18(20)21)6-11(9)16/h1-6H,(H,17,19). The van der Waals surface area contributed by atoms with Gasteiger partial charge in [-0.1, -0.05) is 11.6 Å². The van der Waals surface area contributed by atoms with E-state index in [1.807, 2.05) is 22.6 Å². The highest BCUT2D eigenvalue weighted by molar-refractivity contribution is 14.1. The second-order valence-corrected chi connectivity index (χ2v) is 5.60. The molecule has 0 saturated heterocycles. The number of benzene rings is 2. The van der Waals surface area contributed by atoms with Crippen LogP contribution in [0.2, 0.25) is 5.02 Å². The number of nitrogens with one attached hydrogen (secondary N) is 1. The number of carbonyl (C=O) groups excluding carboxylic acids is 1. The molecule has 1 amide bonds. The minimum atomic E-state index is -0.659. The van der Waals surface area contributed by atoms with Crippen molar-refractivity contribution in [2.45, 2.75) is 0 Å². The van der Waals surface area contributed by atoms with Crippen molar-refractivity contribution in [1.29, 1.82) is 0 Å². The van der Waals surface area contributed by atoms with Crippen LogP contribution >= 0.6 is 34.2 Å². The highest BCUT2D eigenvalue weighted by atomic mass is 127. The quantitative estimate of drug-likeness (QED) is 0.458. The lowest BCUT2D eigenvalue weighted by molar-refractivity contribution is -0.384. The fourth-order valence-electron chi connectivity index (χ4n) is 1.58. The summed E-state index contributed by atoms with van der Waals surface area (Å²) in [5.74, 6) is -1.22. The van der Waals surface area contributed by atoms with E-state index in [2.05, 4.69) is 5.32 Å². The molecule has 8 heteroatoms. The SMILES string of the molecule is O=C(Nc1ccc(Cl)cc1F)c1ccc([N+](=O)[O-])cc1I. The first kappa shape index (κ1) is 15.6. The zero-order chi connectivity index (χ0) is 15.6. The lowest BCUT2D eigenvalue weighted by Gasteiger charge is -2.08. The molecule has 0 saturated carbocycles. The lowest BCUT2D eigenvalue weighted by Crippen LogP contribution is -2.14. The number of nitrogens with zero attached hydrogens (tertiary/aromatic N) is 1. The Hall–Kier alpha value is -1.74. The van der Waals surface area contributed by atoms with Gasteiger partial charge < -0.3 is 5.32 Å². The number of halogens is 3. The fraction of sp³-hybridized carbons (Fsp3) is 0. The summed E-state index contributed by atoms with van der Waals surface area (Å²) in [4.78, 5) is 22.2. The number of hydrogen-bond donors (Lipinski definition) is 1. The molecule has 2 aromatic carbocycles. The Labute approximate surface area is 137 Å². The molecule has 21 heavy (non-hydrogen) atoms. The number of amides is 1. The zero-order valence-corrected chi connectivity index (χ0v) is 13.2. The average Bonchev–Trinajstić information content (AvgIpc) is 2.41. The van der Waals surface area contributed by atoms with E-state index < -0.39 is 16.6 Å². The largest absolute Gasteiger partial charge is 0.319 e. The van der Waals surface area contributed by atoms with Gasteiger partial charge in [0.2, 0.25) is 0 Å². The molecule has 0 bridgehead atoms.